The number of carboxylic acids is 1. The molecule has 0 unspecified atom stereocenters. The molecule has 2 aliphatic rings. The summed E-state index contributed by atoms with van der Waals surface area (Å²) in [4.78, 5) is 11.9. The summed E-state index contributed by atoms with van der Waals surface area (Å²) < 4.78 is 5.20. The van der Waals surface area contributed by atoms with E-state index in [4.69, 9.17) is 4.42 Å². The molecule has 3 nitrogen and oxygen atoms in total. The van der Waals surface area contributed by atoms with Crippen LogP contribution >= 0.6 is 0 Å². The zero-order chi connectivity index (χ0) is 16.7. The van der Waals surface area contributed by atoms with Crippen molar-refractivity contribution in [2.75, 3.05) is 0 Å². The van der Waals surface area contributed by atoms with Crippen molar-refractivity contribution < 1.29 is 14.3 Å². The van der Waals surface area contributed by atoms with Gasteiger partial charge in [-0.1, -0.05) is 25.0 Å². The fourth-order valence-electron chi connectivity index (χ4n) is 4.76. The average Bonchev–Trinajstić information content (AvgIpc) is 3.03. The van der Waals surface area contributed by atoms with Crippen LogP contribution in [0.4, 0.5) is 0 Å². The summed E-state index contributed by atoms with van der Waals surface area (Å²) in [5.74, 6) is -0.0410. The largest absolute Gasteiger partial charge is 0.481 e. The first-order valence-electron chi connectivity index (χ1n) is 8.85. The van der Waals surface area contributed by atoms with Crippen LogP contribution in [0, 0.1) is 16.7 Å². The van der Waals surface area contributed by atoms with Gasteiger partial charge >= 0.3 is 5.97 Å². The fraction of sp³-hybridized carbons (Fsp3) is 0.650. The number of hydrogen-bond donors (Lipinski definition) is 1. The fourth-order valence-corrected chi connectivity index (χ4v) is 4.76. The van der Waals surface area contributed by atoms with Crippen molar-refractivity contribution >= 4 is 5.97 Å². The molecule has 0 radical (unpaired) electrons. The molecule has 1 N–H and O–H groups in total. The third kappa shape index (κ3) is 2.64. The highest BCUT2D eigenvalue weighted by molar-refractivity contribution is 5.79. The zero-order valence-corrected chi connectivity index (χ0v) is 14.5. The van der Waals surface area contributed by atoms with Crippen molar-refractivity contribution in [2.24, 2.45) is 16.7 Å². The van der Waals surface area contributed by atoms with E-state index in [9.17, 15) is 9.90 Å². The van der Waals surface area contributed by atoms with Crippen LogP contribution in [0.3, 0.4) is 0 Å². The van der Waals surface area contributed by atoms with Crippen LogP contribution < -0.4 is 0 Å². The van der Waals surface area contributed by atoms with Crippen LogP contribution in [0.2, 0.25) is 0 Å². The molecule has 0 aromatic carbocycles. The van der Waals surface area contributed by atoms with Crippen molar-refractivity contribution in [1.29, 1.82) is 0 Å². The lowest BCUT2D eigenvalue weighted by atomic mass is 9.55. The molecule has 1 heterocycles. The number of hydrogen-bond acceptors (Lipinski definition) is 2. The first kappa shape index (κ1) is 16.4. The molecular weight excluding hydrogens is 288 g/mol. The van der Waals surface area contributed by atoms with Gasteiger partial charge in [0, 0.05) is 0 Å². The Balaban J connectivity index is 1.95. The molecule has 1 aromatic rings. The molecule has 0 amide bonds. The lowest BCUT2D eigenvalue weighted by Gasteiger charge is -2.49. The Morgan fingerprint density at radius 1 is 1.35 bits per heavy atom. The summed E-state index contributed by atoms with van der Waals surface area (Å²) in [5.41, 5.74) is 3.40. The summed E-state index contributed by atoms with van der Waals surface area (Å²) in [6.45, 7) is 6.64. The second kappa shape index (κ2) is 5.85. The molecule has 2 aliphatic carbocycles. The third-order valence-corrected chi connectivity index (χ3v) is 6.72. The standard InChI is InChI=1S/C20H28O3/c1-14-6-7-17-16(5-4-10-20(17,3)18(21)22)19(14,2)11-8-15-9-12-23-13-15/h9,12-14H,4-8,10-11H2,1-3H3,(H,21,22)/t14-,19-,20-/m1/s1. The highest BCUT2D eigenvalue weighted by atomic mass is 16.4. The minimum Gasteiger partial charge on any atom is -0.481 e. The monoisotopic (exact) mass is 316 g/mol. The van der Waals surface area contributed by atoms with E-state index < -0.39 is 11.4 Å². The van der Waals surface area contributed by atoms with Crippen LogP contribution in [0.5, 0.6) is 0 Å². The minimum atomic E-state index is -0.648. The van der Waals surface area contributed by atoms with Crippen LogP contribution in [-0.4, -0.2) is 11.1 Å². The molecule has 23 heavy (non-hydrogen) atoms. The average molecular weight is 316 g/mol. The molecule has 126 valence electrons. The van der Waals surface area contributed by atoms with E-state index >= 15 is 0 Å². The molecule has 0 spiro atoms. The van der Waals surface area contributed by atoms with E-state index in [0.29, 0.717) is 5.92 Å². The van der Waals surface area contributed by atoms with Gasteiger partial charge in [-0.05, 0) is 74.8 Å². The van der Waals surface area contributed by atoms with Gasteiger partial charge in [0.05, 0.1) is 17.9 Å². The summed E-state index contributed by atoms with van der Waals surface area (Å²) in [7, 11) is 0. The molecule has 0 bridgehead atoms. The lowest BCUT2D eigenvalue weighted by Crippen LogP contribution is -2.41. The number of carbonyl (C=O) groups is 1. The molecule has 0 fully saturated rings. The van der Waals surface area contributed by atoms with Gasteiger partial charge in [-0.2, -0.15) is 0 Å². The second-order valence-electron chi connectivity index (χ2n) is 7.94. The Hall–Kier alpha value is -1.51. The molecule has 0 saturated heterocycles. The summed E-state index contributed by atoms with van der Waals surface area (Å²) >= 11 is 0. The predicted molar refractivity (Wildman–Crippen MR) is 90.2 cm³/mol. The molecule has 1 aromatic heterocycles. The maximum Gasteiger partial charge on any atom is 0.313 e. The van der Waals surface area contributed by atoms with E-state index in [2.05, 4.69) is 13.8 Å². The Kier molecular flexibility index (Phi) is 4.16. The molecular formula is C20H28O3. The van der Waals surface area contributed by atoms with Gasteiger partial charge in [0.2, 0.25) is 0 Å². The number of aliphatic carboxylic acids is 1. The Morgan fingerprint density at radius 3 is 2.78 bits per heavy atom. The van der Waals surface area contributed by atoms with Crippen molar-refractivity contribution in [3.63, 3.8) is 0 Å². The predicted octanol–water partition coefficient (Wildman–Crippen LogP) is 5.22. The maximum absolute atomic E-state index is 11.9. The summed E-state index contributed by atoms with van der Waals surface area (Å²) in [6.07, 6.45) is 10.5. The lowest BCUT2D eigenvalue weighted by molar-refractivity contribution is -0.146. The molecule has 3 atom stereocenters. The highest BCUT2D eigenvalue weighted by Gasteiger charge is 2.48. The Bertz CT molecular complexity index is 613. The van der Waals surface area contributed by atoms with E-state index in [-0.39, 0.29) is 5.41 Å². The van der Waals surface area contributed by atoms with Gasteiger partial charge in [0.25, 0.3) is 0 Å². The SMILES string of the molecule is C[C@@H]1CCC2=C(CCC[C@@]2(C)C(=O)O)[C@]1(C)CCc1ccoc1. The van der Waals surface area contributed by atoms with Crippen molar-refractivity contribution in [3.05, 3.63) is 35.3 Å². The van der Waals surface area contributed by atoms with Crippen LogP contribution in [0.1, 0.15) is 64.9 Å². The van der Waals surface area contributed by atoms with Gasteiger partial charge in [-0.25, -0.2) is 0 Å². The van der Waals surface area contributed by atoms with Gasteiger partial charge < -0.3 is 9.52 Å². The molecule has 0 saturated carbocycles. The Morgan fingerprint density at radius 2 is 2.13 bits per heavy atom. The van der Waals surface area contributed by atoms with Crippen LogP contribution in [0.15, 0.2) is 34.2 Å². The van der Waals surface area contributed by atoms with Gasteiger partial charge in [0.1, 0.15) is 0 Å². The number of allylic oxidation sites excluding steroid dienone is 1. The quantitative estimate of drug-likeness (QED) is 0.775. The van der Waals surface area contributed by atoms with Crippen LogP contribution in [-0.2, 0) is 11.2 Å². The first-order chi connectivity index (χ1) is 10.9. The van der Waals surface area contributed by atoms with E-state index in [0.717, 1.165) is 44.9 Å². The second-order valence-corrected chi connectivity index (χ2v) is 7.94. The number of aryl methyl sites for hydroxylation is 1. The number of furan rings is 1. The zero-order valence-electron chi connectivity index (χ0n) is 14.5. The summed E-state index contributed by atoms with van der Waals surface area (Å²) in [6, 6.07) is 2.04. The van der Waals surface area contributed by atoms with Crippen molar-refractivity contribution in [1.82, 2.24) is 0 Å². The third-order valence-electron chi connectivity index (χ3n) is 6.72. The van der Waals surface area contributed by atoms with Gasteiger partial charge in [-0.15, -0.1) is 0 Å². The molecule has 0 aliphatic heterocycles. The molecule has 3 rings (SSSR count). The topological polar surface area (TPSA) is 50.4 Å². The minimum absolute atomic E-state index is 0.113. The van der Waals surface area contributed by atoms with Gasteiger partial charge in [-0.3, -0.25) is 4.79 Å². The number of carboxylic acid groups (broad SMARTS) is 1. The van der Waals surface area contributed by atoms with Crippen molar-refractivity contribution in [3.8, 4) is 0 Å². The van der Waals surface area contributed by atoms with E-state index in [1.54, 1.807) is 6.26 Å². The molecule has 3 heteroatoms. The smallest absolute Gasteiger partial charge is 0.313 e. The summed E-state index contributed by atoms with van der Waals surface area (Å²) in [5, 5.41) is 9.81. The van der Waals surface area contributed by atoms with E-state index in [1.165, 1.54) is 16.7 Å². The van der Waals surface area contributed by atoms with Crippen LogP contribution in [0.25, 0.3) is 0 Å². The first-order valence-corrected chi connectivity index (χ1v) is 8.85. The van der Waals surface area contributed by atoms with E-state index in [1.807, 2.05) is 19.3 Å². The normalized spacial score (nSPS) is 34.3. The maximum atomic E-state index is 11.9. The Labute approximate surface area is 138 Å². The van der Waals surface area contributed by atoms with Crippen molar-refractivity contribution in [2.45, 2.75) is 65.7 Å². The van der Waals surface area contributed by atoms with Gasteiger partial charge in [0.15, 0.2) is 0 Å². The highest BCUT2D eigenvalue weighted by Crippen LogP contribution is 2.56. The number of rotatable bonds is 4.